The highest BCUT2D eigenvalue weighted by molar-refractivity contribution is 7.07. The van der Waals surface area contributed by atoms with Crippen molar-refractivity contribution in [3.8, 4) is 0 Å². The molecule has 0 amide bonds. The fourth-order valence-electron chi connectivity index (χ4n) is 2.14. The van der Waals surface area contributed by atoms with E-state index in [0.29, 0.717) is 5.89 Å². The van der Waals surface area contributed by atoms with Crippen LogP contribution in [0.25, 0.3) is 0 Å². The Kier molecular flexibility index (Phi) is 3.40. The lowest BCUT2D eigenvalue weighted by molar-refractivity contribution is 0.190. The van der Waals surface area contributed by atoms with E-state index in [9.17, 15) is 0 Å². The third-order valence-corrected chi connectivity index (χ3v) is 3.96. The summed E-state index contributed by atoms with van der Waals surface area (Å²) in [5.74, 6) is 1.48. The SMILES string of the molecule is CN1CCNCC1c1noc(Cc2ccsc2)n1. The number of piperazine rings is 1. The summed E-state index contributed by atoms with van der Waals surface area (Å²) in [6, 6.07) is 2.31. The molecule has 0 radical (unpaired) electrons. The molecule has 1 fully saturated rings. The zero-order valence-electron chi connectivity index (χ0n) is 10.3. The van der Waals surface area contributed by atoms with Crippen LogP contribution in [0.2, 0.25) is 0 Å². The number of nitrogens with zero attached hydrogens (tertiary/aromatic N) is 3. The Labute approximate surface area is 110 Å². The van der Waals surface area contributed by atoms with Gasteiger partial charge in [-0.25, -0.2) is 0 Å². The quantitative estimate of drug-likeness (QED) is 0.905. The molecule has 2 aromatic rings. The van der Waals surface area contributed by atoms with E-state index in [1.807, 2.05) is 0 Å². The van der Waals surface area contributed by atoms with Crippen molar-refractivity contribution < 1.29 is 4.52 Å². The third-order valence-electron chi connectivity index (χ3n) is 3.23. The summed E-state index contributed by atoms with van der Waals surface area (Å²) in [7, 11) is 2.10. The molecular formula is C12H16N4OS. The molecule has 0 spiro atoms. The molecule has 3 heterocycles. The summed E-state index contributed by atoms with van der Waals surface area (Å²) in [5.41, 5.74) is 1.23. The first-order valence-electron chi connectivity index (χ1n) is 6.07. The monoisotopic (exact) mass is 264 g/mol. The van der Waals surface area contributed by atoms with E-state index >= 15 is 0 Å². The number of nitrogens with one attached hydrogen (secondary N) is 1. The molecular weight excluding hydrogens is 248 g/mol. The molecule has 1 unspecified atom stereocenters. The van der Waals surface area contributed by atoms with E-state index < -0.39 is 0 Å². The van der Waals surface area contributed by atoms with Crippen molar-refractivity contribution in [2.45, 2.75) is 12.5 Å². The van der Waals surface area contributed by atoms with Crippen LogP contribution in [0.5, 0.6) is 0 Å². The summed E-state index contributed by atoms with van der Waals surface area (Å²) in [6.07, 6.45) is 0.723. The van der Waals surface area contributed by atoms with Gasteiger partial charge in [0.25, 0.3) is 0 Å². The number of likely N-dealkylation sites (N-methyl/N-ethyl adjacent to an activating group) is 1. The van der Waals surface area contributed by atoms with Crippen LogP contribution in [0.15, 0.2) is 21.3 Å². The van der Waals surface area contributed by atoms with Gasteiger partial charge in [-0.3, -0.25) is 4.90 Å². The van der Waals surface area contributed by atoms with Gasteiger partial charge in [0.1, 0.15) is 0 Å². The predicted molar refractivity (Wildman–Crippen MR) is 69.7 cm³/mol. The number of rotatable bonds is 3. The van der Waals surface area contributed by atoms with E-state index in [0.717, 1.165) is 31.9 Å². The molecule has 18 heavy (non-hydrogen) atoms. The molecule has 5 nitrogen and oxygen atoms in total. The molecule has 1 aliphatic heterocycles. The zero-order chi connectivity index (χ0) is 12.4. The van der Waals surface area contributed by atoms with Gasteiger partial charge in [-0.05, 0) is 29.4 Å². The summed E-state index contributed by atoms with van der Waals surface area (Å²) < 4.78 is 5.33. The molecule has 1 aliphatic rings. The van der Waals surface area contributed by atoms with Crippen LogP contribution in [0.4, 0.5) is 0 Å². The molecule has 3 rings (SSSR count). The van der Waals surface area contributed by atoms with Gasteiger partial charge < -0.3 is 9.84 Å². The molecule has 0 saturated carbocycles. The van der Waals surface area contributed by atoms with Crippen LogP contribution in [0.1, 0.15) is 23.3 Å². The van der Waals surface area contributed by atoms with Crippen LogP contribution >= 0.6 is 11.3 Å². The topological polar surface area (TPSA) is 54.2 Å². The van der Waals surface area contributed by atoms with Crippen LogP contribution in [-0.4, -0.2) is 41.7 Å². The highest BCUT2D eigenvalue weighted by Crippen LogP contribution is 2.19. The predicted octanol–water partition coefficient (Wildman–Crippen LogP) is 1.30. The van der Waals surface area contributed by atoms with Gasteiger partial charge in [-0.2, -0.15) is 16.3 Å². The summed E-state index contributed by atoms with van der Waals surface area (Å²) in [6.45, 7) is 2.92. The fraction of sp³-hybridized carbons (Fsp3) is 0.500. The van der Waals surface area contributed by atoms with Crippen LogP contribution in [0, 0.1) is 0 Å². The molecule has 1 saturated heterocycles. The first-order valence-corrected chi connectivity index (χ1v) is 7.02. The van der Waals surface area contributed by atoms with Crippen molar-refractivity contribution in [3.63, 3.8) is 0 Å². The zero-order valence-corrected chi connectivity index (χ0v) is 11.1. The van der Waals surface area contributed by atoms with Gasteiger partial charge >= 0.3 is 0 Å². The minimum Gasteiger partial charge on any atom is -0.339 e. The van der Waals surface area contributed by atoms with Crippen molar-refractivity contribution in [1.82, 2.24) is 20.4 Å². The van der Waals surface area contributed by atoms with E-state index in [1.165, 1.54) is 5.56 Å². The second kappa shape index (κ2) is 5.17. The minimum atomic E-state index is 0.221. The summed E-state index contributed by atoms with van der Waals surface area (Å²) in [4.78, 5) is 6.76. The maximum absolute atomic E-state index is 5.33. The maximum Gasteiger partial charge on any atom is 0.231 e. The number of thiophene rings is 1. The highest BCUT2D eigenvalue weighted by atomic mass is 32.1. The van der Waals surface area contributed by atoms with E-state index in [2.05, 4.69) is 44.2 Å². The first kappa shape index (κ1) is 11.8. The van der Waals surface area contributed by atoms with Gasteiger partial charge in [-0.1, -0.05) is 5.16 Å². The van der Waals surface area contributed by atoms with Gasteiger partial charge in [0.2, 0.25) is 5.89 Å². The van der Waals surface area contributed by atoms with Gasteiger partial charge in [-0.15, -0.1) is 0 Å². The Morgan fingerprint density at radius 3 is 3.33 bits per heavy atom. The molecule has 0 aromatic carbocycles. The van der Waals surface area contributed by atoms with Crippen molar-refractivity contribution in [2.24, 2.45) is 0 Å². The Bertz CT molecular complexity index is 496. The smallest absolute Gasteiger partial charge is 0.231 e. The lowest BCUT2D eigenvalue weighted by Crippen LogP contribution is -2.44. The fourth-order valence-corrected chi connectivity index (χ4v) is 2.81. The van der Waals surface area contributed by atoms with Crippen LogP contribution in [0.3, 0.4) is 0 Å². The van der Waals surface area contributed by atoms with Crippen molar-refractivity contribution in [3.05, 3.63) is 34.1 Å². The molecule has 0 bridgehead atoms. The third kappa shape index (κ3) is 2.45. The average molecular weight is 264 g/mol. The van der Waals surface area contributed by atoms with Gasteiger partial charge in [0.15, 0.2) is 5.82 Å². The Balaban J connectivity index is 1.72. The second-order valence-electron chi connectivity index (χ2n) is 4.56. The van der Waals surface area contributed by atoms with Crippen molar-refractivity contribution in [2.75, 3.05) is 26.7 Å². The van der Waals surface area contributed by atoms with Gasteiger partial charge in [0, 0.05) is 19.6 Å². The lowest BCUT2D eigenvalue weighted by Gasteiger charge is -2.30. The van der Waals surface area contributed by atoms with Crippen LogP contribution in [-0.2, 0) is 6.42 Å². The minimum absolute atomic E-state index is 0.221. The van der Waals surface area contributed by atoms with Crippen LogP contribution < -0.4 is 5.32 Å². The maximum atomic E-state index is 5.33. The molecule has 96 valence electrons. The van der Waals surface area contributed by atoms with E-state index in [-0.39, 0.29) is 6.04 Å². The molecule has 2 aromatic heterocycles. The molecule has 1 N–H and O–H groups in total. The Hall–Kier alpha value is -1.24. The number of aromatic nitrogens is 2. The van der Waals surface area contributed by atoms with E-state index in [1.54, 1.807) is 11.3 Å². The van der Waals surface area contributed by atoms with Gasteiger partial charge in [0.05, 0.1) is 12.5 Å². The number of hydrogen-bond acceptors (Lipinski definition) is 6. The normalized spacial score (nSPS) is 21.3. The second-order valence-corrected chi connectivity index (χ2v) is 5.34. The van der Waals surface area contributed by atoms with Crippen molar-refractivity contribution >= 4 is 11.3 Å². The standard InChI is InChI=1S/C12H16N4OS/c1-16-4-3-13-7-10(16)12-14-11(17-15-12)6-9-2-5-18-8-9/h2,5,8,10,13H,3-4,6-7H2,1H3. The lowest BCUT2D eigenvalue weighted by atomic mass is 10.2. The first-order chi connectivity index (χ1) is 8.83. The van der Waals surface area contributed by atoms with E-state index in [4.69, 9.17) is 4.52 Å². The summed E-state index contributed by atoms with van der Waals surface area (Å²) in [5, 5.41) is 11.6. The van der Waals surface area contributed by atoms with Crippen molar-refractivity contribution in [1.29, 1.82) is 0 Å². The average Bonchev–Trinajstić information content (AvgIpc) is 3.02. The Morgan fingerprint density at radius 2 is 2.56 bits per heavy atom. The molecule has 1 atom stereocenters. The molecule has 6 heteroatoms. The summed E-state index contributed by atoms with van der Waals surface area (Å²) >= 11 is 1.69. The molecule has 0 aliphatic carbocycles. The Morgan fingerprint density at radius 1 is 1.61 bits per heavy atom. The largest absolute Gasteiger partial charge is 0.339 e. The number of hydrogen-bond donors (Lipinski definition) is 1. The highest BCUT2D eigenvalue weighted by Gasteiger charge is 2.25.